The van der Waals surface area contributed by atoms with Crippen molar-refractivity contribution >= 4 is 40.0 Å². The van der Waals surface area contributed by atoms with Crippen LogP contribution in [0.5, 0.6) is 0 Å². The lowest BCUT2D eigenvalue weighted by Gasteiger charge is -2.06. The SMILES string of the molecule is CCc1ccc2nc(SCC(C)C(N)=S)[nH]c2c1. The number of hydrogen-bond donors (Lipinski definition) is 2. The summed E-state index contributed by atoms with van der Waals surface area (Å²) in [6, 6.07) is 6.34. The molecule has 1 heterocycles. The molecule has 0 aliphatic heterocycles. The van der Waals surface area contributed by atoms with E-state index in [1.807, 2.05) is 6.92 Å². The quantitative estimate of drug-likeness (QED) is 0.652. The maximum atomic E-state index is 5.60. The maximum Gasteiger partial charge on any atom is 0.166 e. The van der Waals surface area contributed by atoms with E-state index < -0.39 is 0 Å². The highest BCUT2D eigenvalue weighted by Crippen LogP contribution is 2.22. The first kappa shape index (κ1) is 13.4. The van der Waals surface area contributed by atoms with Crippen molar-refractivity contribution in [2.24, 2.45) is 11.7 Å². The number of fused-ring (bicyclic) bond motifs is 1. The molecular formula is C13H17N3S2. The molecule has 3 N–H and O–H groups in total. The van der Waals surface area contributed by atoms with Gasteiger partial charge in [0.05, 0.1) is 16.0 Å². The molecule has 5 heteroatoms. The van der Waals surface area contributed by atoms with Gasteiger partial charge in [0, 0.05) is 11.7 Å². The van der Waals surface area contributed by atoms with Crippen molar-refractivity contribution in [3.8, 4) is 0 Å². The van der Waals surface area contributed by atoms with Gasteiger partial charge in [0.2, 0.25) is 0 Å². The molecule has 1 aromatic carbocycles. The van der Waals surface area contributed by atoms with Crippen molar-refractivity contribution in [3.63, 3.8) is 0 Å². The first-order chi connectivity index (χ1) is 8.60. The molecule has 2 rings (SSSR count). The van der Waals surface area contributed by atoms with Crippen LogP contribution >= 0.6 is 24.0 Å². The zero-order valence-electron chi connectivity index (χ0n) is 10.6. The predicted octanol–water partition coefficient (Wildman–Crippen LogP) is 3.14. The smallest absolute Gasteiger partial charge is 0.166 e. The van der Waals surface area contributed by atoms with E-state index in [1.165, 1.54) is 5.56 Å². The Bertz CT molecular complexity index is 562. The number of aromatic amines is 1. The fourth-order valence-electron chi connectivity index (χ4n) is 1.61. The Labute approximate surface area is 117 Å². The lowest BCUT2D eigenvalue weighted by molar-refractivity contribution is 0.901. The standard InChI is InChI=1S/C13H17N3S2/c1-3-9-4-5-10-11(6-9)16-13(15-10)18-7-8(2)12(14)17/h4-6,8H,3,7H2,1-2H3,(H2,14,17)(H,15,16). The van der Waals surface area contributed by atoms with Crippen molar-refractivity contribution in [2.75, 3.05) is 5.75 Å². The van der Waals surface area contributed by atoms with Crippen LogP contribution in [0.3, 0.4) is 0 Å². The average Bonchev–Trinajstić information content (AvgIpc) is 2.77. The van der Waals surface area contributed by atoms with E-state index in [9.17, 15) is 0 Å². The zero-order valence-corrected chi connectivity index (χ0v) is 12.2. The minimum Gasteiger partial charge on any atom is -0.393 e. The summed E-state index contributed by atoms with van der Waals surface area (Å²) in [6.07, 6.45) is 1.04. The van der Waals surface area contributed by atoms with Crippen LogP contribution in [0.4, 0.5) is 0 Å². The van der Waals surface area contributed by atoms with Crippen molar-refractivity contribution in [1.29, 1.82) is 0 Å². The number of aryl methyl sites for hydroxylation is 1. The number of thiocarbonyl (C=S) groups is 1. The third-order valence-corrected chi connectivity index (χ3v) is 4.42. The van der Waals surface area contributed by atoms with E-state index in [0.29, 0.717) is 4.99 Å². The van der Waals surface area contributed by atoms with Crippen molar-refractivity contribution in [1.82, 2.24) is 9.97 Å². The van der Waals surface area contributed by atoms with Crippen LogP contribution in [-0.4, -0.2) is 20.7 Å². The molecule has 0 fully saturated rings. The second-order valence-corrected chi connectivity index (χ2v) is 5.84. The fraction of sp³-hybridized carbons (Fsp3) is 0.385. The number of benzene rings is 1. The molecule has 0 aliphatic carbocycles. The van der Waals surface area contributed by atoms with Crippen LogP contribution in [0, 0.1) is 5.92 Å². The molecule has 1 unspecified atom stereocenters. The molecule has 0 saturated heterocycles. The van der Waals surface area contributed by atoms with Gasteiger partial charge in [-0.2, -0.15) is 0 Å². The van der Waals surface area contributed by atoms with E-state index >= 15 is 0 Å². The van der Waals surface area contributed by atoms with Crippen LogP contribution in [0.2, 0.25) is 0 Å². The van der Waals surface area contributed by atoms with Gasteiger partial charge in [0.1, 0.15) is 0 Å². The predicted molar refractivity (Wildman–Crippen MR) is 82.1 cm³/mol. The second kappa shape index (κ2) is 5.71. The van der Waals surface area contributed by atoms with E-state index in [-0.39, 0.29) is 5.92 Å². The van der Waals surface area contributed by atoms with Gasteiger partial charge in [0.25, 0.3) is 0 Å². The highest BCUT2D eigenvalue weighted by Gasteiger charge is 2.08. The van der Waals surface area contributed by atoms with Gasteiger partial charge in [0.15, 0.2) is 5.16 Å². The topological polar surface area (TPSA) is 54.7 Å². The highest BCUT2D eigenvalue weighted by atomic mass is 32.2. The van der Waals surface area contributed by atoms with Gasteiger partial charge in [-0.05, 0) is 24.1 Å². The first-order valence-electron chi connectivity index (χ1n) is 6.01. The van der Waals surface area contributed by atoms with E-state index in [2.05, 4.69) is 35.1 Å². The van der Waals surface area contributed by atoms with Crippen LogP contribution in [0.25, 0.3) is 11.0 Å². The number of thioether (sulfide) groups is 1. The van der Waals surface area contributed by atoms with E-state index in [0.717, 1.165) is 28.4 Å². The summed E-state index contributed by atoms with van der Waals surface area (Å²) in [6.45, 7) is 4.18. The van der Waals surface area contributed by atoms with Crippen LogP contribution in [0.15, 0.2) is 23.4 Å². The lowest BCUT2D eigenvalue weighted by atomic mass is 10.1. The van der Waals surface area contributed by atoms with Crippen LogP contribution in [0.1, 0.15) is 19.4 Å². The van der Waals surface area contributed by atoms with Crippen LogP contribution in [-0.2, 0) is 6.42 Å². The van der Waals surface area contributed by atoms with Gasteiger partial charge in [-0.3, -0.25) is 0 Å². The largest absolute Gasteiger partial charge is 0.393 e. The molecular weight excluding hydrogens is 262 g/mol. The zero-order chi connectivity index (χ0) is 13.1. The lowest BCUT2D eigenvalue weighted by Crippen LogP contribution is -2.20. The van der Waals surface area contributed by atoms with Crippen molar-refractivity contribution in [3.05, 3.63) is 23.8 Å². The number of nitrogens with one attached hydrogen (secondary N) is 1. The molecule has 2 aromatic rings. The van der Waals surface area contributed by atoms with Gasteiger partial charge in [-0.15, -0.1) is 0 Å². The Kier molecular flexibility index (Phi) is 4.24. The summed E-state index contributed by atoms with van der Waals surface area (Å²) in [7, 11) is 0. The van der Waals surface area contributed by atoms with Crippen LogP contribution < -0.4 is 5.73 Å². The summed E-state index contributed by atoms with van der Waals surface area (Å²) in [5, 5.41) is 0.932. The first-order valence-corrected chi connectivity index (χ1v) is 7.40. The normalized spacial score (nSPS) is 12.8. The molecule has 0 spiro atoms. The highest BCUT2D eigenvalue weighted by molar-refractivity contribution is 7.99. The Morgan fingerprint density at radius 3 is 3.00 bits per heavy atom. The number of nitrogens with zero attached hydrogens (tertiary/aromatic N) is 1. The van der Waals surface area contributed by atoms with E-state index in [4.69, 9.17) is 18.0 Å². The summed E-state index contributed by atoms with van der Waals surface area (Å²) >= 11 is 6.63. The van der Waals surface area contributed by atoms with Crippen molar-refractivity contribution in [2.45, 2.75) is 25.4 Å². The Hall–Kier alpha value is -1.07. The number of imidazole rings is 1. The minimum atomic E-state index is 0.226. The molecule has 96 valence electrons. The van der Waals surface area contributed by atoms with Gasteiger partial charge < -0.3 is 10.7 Å². The molecule has 1 atom stereocenters. The third-order valence-electron chi connectivity index (χ3n) is 2.89. The number of hydrogen-bond acceptors (Lipinski definition) is 3. The molecule has 18 heavy (non-hydrogen) atoms. The average molecular weight is 279 g/mol. The summed E-state index contributed by atoms with van der Waals surface area (Å²) < 4.78 is 0. The number of rotatable bonds is 5. The summed E-state index contributed by atoms with van der Waals surface area (Å²) in [5.41, 5.74) is 9.03. The molecule has 0 amide bonds. The van der Waals surface area contributed by atoms with Gasteiger partial charge in [-0.1, -0.05) is 43.9 Å². The molecule has 1 aromatic heterocycles. The maximum absolute atomic E-state index is 5.60. The molecule has 0 radical (unpaired) electrons. The third kappa shape index (κ3) is 3.03. The monoisotopic (exact) mass is 279 g/mol. The second-order valence-electron chi connectivity index (χ2n) is 4.36. The van der Waals surface area contributed by atoms with E-state index in [1.54, 1.807) is 11.8 Å². The summed E-state index contributed by atoms with van der Waals surface area (Å²) in [4.78, 5) is 8.44. The molecule has 0 bridgehead atoms. The Morgan fingerprint density at radius 1 is 1.56 bits per heavy atom. The number of aromatic nitrogens is 2. The van der Waals surface area contributed by atoms with Gasteiger partial charge >= 0.3 is 0 Å². The Morgan fingerprint density at radius 2 is 2.33 bits per heavy atom. The molecule has 0 saturated carbocycles. The fourth-order valence-corrected chi connectivity index (χ4v) is 2.73. The molecule has 0 aliphatic rings. The van der Waals surface area contributed by atoms with Gasteiger partial charge in [-0.25, -0.2) is 4.98 Å². The summed E-state index contributed by atoms with van der Waals surface area (Å²) in [5.74, 6) is 1.08. The molecule has 3 nitrogen and oxygen atoms in total. The minimum absolute atomic E-state index is 0.226. The Balaban J connectivity index is 2.12. The number of nitrogens with two attached hydrogens (primary N) is 1. The number of H-pyrrole nitrogens is 1. The van der Waals surface area contributed by atoms with Crippen molar-refractivity contribution < 1.29 is 0 Å².